The number of hydrogen-bond acceptors (Lipinski definition) is 4. The fourth-order valence-electron chi connectivity index (χ4n) is 1.67. The van der Waals surface area contributed by atoms with Gasteiger partial charge in [0.15, 0.2) is 0 Å². The summed E-state index contributed by atoms with van der Waals surface area (Å²) in [7, 11) is 0. The quantitative estimate of drug-likeness (QED) is 0.282. The SMILES string of the molecule is CCCCCCCSNC(=O)N/N=C/c1ccccc1O. The minimum Gasteiger partial charge on any atom is -0.507 e. The first-order chi connectivity index (χ1) is 10.2. The van der Waals surface area contributed by atoms with E-state index in [4.69, 9.17) is 0 Å². The van der Waals surface area contributed by atoms with Gasteiger partial charge in [0.25, 0.3) is 0 Å². The molecule has 0 fully saturated rings. The number of urea groups is 1. The van der Waals surface area contributed by atoms with Crippen LogP contribution in [0.3, 0.4) is 0 Å². The molecule has 5 nitrogen and oxygen atoms in total. The molecule has 0 saturated carbocycles. The highest BCUT2D eigenvalue weighted by atomic mass is 32.2. The number of amides is 2. The molecule has 0 bridgehead atoms. The van der Waals surface area contributed by atoms with Gasteiger partial charge < -0.3 is 5.11 Å². The van der Waals surface area contributed by atoms with Crippen LogP contribution in [0.1, 0.15) is 44.6 Å². The van der Waals surface area contributed by atoms with Crippen molar-refractivity contribution in [1.29, 1.82) is 0 Å². The summed E-state index contributed by atoms with van der Waals surface area (Å²) in [6.07, 6.45) is 7.49. The van der Waals surface area contributed by atoms with Crippen molar-refractivity contribution in [3.8, 4) is 5.75 Å². The molecule has 1 rings (SSSR count). The van der Waals surface area contributed by atoms with Crippen LogP contribution in [0, 0.1) is 0 Å². The van der Waals surface area contributed by atoms with E-state index in [2.05, 4.69) is 22.2 Å². The maximum absolute atomic E-state index is 11.4. The van der Waals surface area contributed by atoms with Gasteiger partial charge in [-0.15, -0.1) is 0 Å². The molecule has 0 radical (unpaired) electrons. The summed E-state index contributed by atoms with van der Waals surface area (Å²) in [6.45, 7) is 2.19. The Morgan fingerprint density at radius 1 is 1.29 bits per heavy atom. The molecular weight excluding hydrogens is 286 g/mol. The highest BCUT2D eigenvalue weighted by Crippen LogP contribution is 2.12. The summed E-state index contributed by atoms with van der Waals surface area (Å²) < 4.78 is 2.66. The molecular formula is C15H23N3O2S. The van der Waals surface area contributed by atoms with E-state index < -0.39 is 0 Å². The highest BCUT2D eigenvalue weighted by Gasteiger charge is 1.98. The van der Waals surface area contributed by atoms with Gasteiger partial charge in [-0.3, -0.25) is 4.72 Å². The van der Waals surface area contributed by atoms with Gasteiger partial charge in [0.1, 0.15) is 5.75 Å². The van der Waals surface area contributed by atoms with E-state index in [0.717, 1.165) is 12.2 Å². The van der Waals surface area contributed by atoms with Crippen LogP contribution in [0.15, 0.2) is 29.4 Å². The van der Waals surface area contributed by atoms with E-state index in [1.807, 2.05) is 0 Å². The Bertz CT molecular complexity index is 452. The van der Waals surface area contributed by atoms with E-state index in [0.29, 0.717) is 5.56 Å². The molecule has 6 heteroatoms. The fourth-order valence-corrected chi connectivity index (χ4v) is 2.30. The number of rotatable bonds is 9. The second-order valence-corrected chi connectivity index (χ2v) is 5.52. The normalized spacial score (nSPS) is 10.7. The average Bonchev–Trinajstić information content (AvgIpc) is 2.48. The number of aromatic hydroxyl groups is 1. The maximum atomic E-state index is 11.4. The van der Waals surface area contributed by atoms with Gasteiger partial charge in [-0.05, 0) is 30.5 Å². The molecule has 0 unspecified atom stereocenters. The molecule has 0 atom stereocenters. The average molecular weight is 309 g/mol. The molecule has 0 aromatic heterocycles. The maximum Gasteiger partial charge on any atom is 0.345 e. The minimum atomic E-state index is -0.361. The Hall–Kier alpha value is -1.69. The number of carbonyl (C=O) groups excluding carboxylic acids is 1. The number of carbonyl (C=O) groups is 1. The first-order valence-electron chi connectivity index (χ1n) is 7.23. The number of nitrogens with zero attached hydrogens (tertiary/aromatic N) is 1. The highest BCUT2D eigenvalue weighted by molar-refractivity contribution is 7.97. The number of unbranched alkanes of at least 4 members (excludes halogenated alkanes) is 4. The predicted octanol–water partition coefficient (Wildman–Crippen LogP) is 3.64. The zero-order chi connectivity index (χ0) is 15.3. The van der Waals surface area contributed by atoms with Crippen molar-refractivity contribution in [3.63, 3.8) is 0 Å². The Morgan fingerprint density at radius 3 is 2.81 bits per heavy atom. The number of hydrazone groups is 1. The van der Waals surface area contributed by atoms with Crippen molar-refractivity contribution in [2.45, 2.75) is 39.0 Å². The first-order valence-corrected chi connectivity index (χ1v) is 8.21. The monoisotopic (exact) mass is 309 g/mol. The topological polar surface area (TPSA) is 73.7 Å². The zero-order valence-electron chi connectivity index (χ0n) is 12.3. The summed E-state index contributed by atoms with van der Waals surface area (Å²) in [6, 6.07) is 6.43. The molecule has 2 amide bonds. The van der Waals surface area contributed by atoms with Gasteiger partial charge in [-0.1, -0.05) is 44.7 Å². The molecule has 116 valence electrons. The Kier molecular flexibility index (Phi) is 9.11. The third kappa shape index (κ3) is 8.24. The molecule has 0 heterocycles. The van der Waals surface area contributed by atoms with Crippen LogP contribution in [0.4, 0.5) is 4.79 Å². The number of nitrogens with one attached hydrogen (secondary N) is 2. The van der Waals surface area contributed by atoms with E-state index in [1.54, 1.807) is 24.3 Å². The molecule has 1 aromatic rings. The van der Waals surface area contributed by atoms with Gasteiger partial charge in [0.2, 0.25) is 0 Å². The van der Waals surface area contributed by atoms with Crippen LogP contribution < -0.4 is 10.1 Å². The third-order valence-corrected chi connectivity index (χ3v) is 3.64. The lowest BCUT2D eigenvalue weighted by molar-refractivity contribution is 0.247. The minimum absolute atomic E-state index is 0.130. The van der Waals surface area contributed by atoms with Gasteiger partial charge in [-0.2, -0.15) is 5.10 Å². The number of hydrogen-bond donors (Lipinski definition) is 3. The van der Waals surface area contributed by atoms with Gasteiger partial charge in [0, 0.05) is 11.3 Å². The zero-order valence-corrected chi connectivity index (χ0v) is 13.2. The fraction of sp³-hybridized carbons (Fsp3) is 0.467. The van der Waals surface area contributed by atoms with Crippen LogP contribution >= 0.6 is 11.9 Å². The van der Waals surface area contributed by atoms with Crippen LogP contribution in [0.2, 0.25) is 0 Å². The summed E-state index contributed by atoms with van der Waals surface area (Å²) in [4.78, 5) is 11.4. The Morgan fingerprint density at radius 2 is 2.05 bits per heavy atom. The van der Waals surface area contributed by atoms with Crippen LogP contribution in [-0.2, 0) is 0 Å². The molecule has 0 saturated heterocycles. The summed E-state index contributed by atoms with van der Waals surface area (Å²) in [5.74, 6) is 1.03. The van der Waals surface area contributed by atoms with E-state index >= 15 is 0 Å². The number of para-hydroxylation sites is 1. The predicted molar refractivity (Wildman–Crippen MR) is 88.6 cm³/mol. The largest absolute Gasteiger partial charge is 0.507 e. The number of phenolic OH excluding ortho intramolecular Hbond substituents is 1. The molecule has 0 spiro atoms. The van der Waals surface area contributed by atoms with Crippen molar-refractivity contribution >= 4 is 24.2 Å². The standard InChI is InChI=1S/C15H23N3O2S/c1-2-3-4-5-8-11-21-18-15(20)17-16-12-13-9-6-7-10-14(13)19/h6-7,9-10,12,19H,2-5,8,11H2,1H3,(H2,17,18,20)/b16-12+. The smallest absolute Gasteiger partial charge is 0.345 e. The van der Waals surface area contributed by atoms with Gasteiger partial charge in [0.05, 0.1) is 6.21 Å². The number of benzene rings is 1. The summed E-state index contributed by atoms with van der Waals surface area (Å²) in [5.41, 5.74) is 2.91. The lowest BCUT2D eigenvalue weighted by Crippen LogP contribution is -2.27. The molecule has 0 aliphatic heterocycles. The molecule has 1 aromatic carbocycles. The lowest BCUT2D eigenvalue weighted by atomic mass is 10.2. The van der Waals surface area contributed by atoms with Crippen molar-refractivity contribution in [2.75, 3.05) is 5.75 Å². The molecule has 0 aliphatic carbocycles. The van der Waals surface area contributed by atoms with E-state index in [9.17, 15) is 9.90 Å². The van der Waals surface area contributed by atoms with Crippen molar-refractivity contribution < 1.29 is 9.90 Å². The Balaban J connectivity index is 2.10. The molecule has 3 N–H and O–H groups in total. The van der Waals surface area contributed by atoms with Crippen molar-refractivity contribution in [2.24, 2.45) is 5.10 Å². The van der Waals surface area contributed by atoms with Gasteiger partial charge in [-0.25, -0.2) is 10.2 Å². The first kappa shape index (κ1) is 17.4. The van der Waals surface area contributed by atoms with Crippen LogP contribution in [-0.4, -0.2) is 23.1 Å². The summed E-state index contributed by atoms with van der Waals surface area (Å²) in [5, 5.41) is 13.3. The second-order valence-electron chi connectivity index (χ2n) is 4.62. The second kappa shape index (κ2) is 11.0. The van der Waals surface area contributed by atoms with E-state index in [-0.39, 0.29) is 11.8 Å². The van der Waals surface area contributed by atoms with Gasteiger partial charge >= 0.3 is 6.03 Å². The third-order valence-electron chi connectivity index (χ3n) is 2.82. The lowest BCUT2D eigenvalue weighted by Gasteiger charge is -2.03. The van der Waals surface area contributed by atoms with Crippen LogP contribution in [0.5, 0.6) is 5.75 Å². The molecule has 0 aliphatic rings. The van der Waals surface area contributed by atoms with Crippen molar-refractivity contribution in [3.05, 3.63) is 29.8 Å². The Labute approximate surface area is 130 Å². The van der Waals surface area contributed by atoms with Crippen molar-refractivity contribution in [1.82, 2.24) is 10.1 Å². The number of phenols is 1. The van der Waals surface area contributed by atoms with Crippen LogP contribution in [0.25, 0.3) is 0 Å². The summed E-state index contributed by atoms with van der Waals surface area (Å²) >= 11 is 1.38. The van der Waals surface area contributed by atoms with E-state index in [1.165, 1.54) is 43.8 Å². The molecule has 21 heavy (non-hydrogen) atoms.